The lowest BCUT2D eigenvalue weighted by Crippen LogP contribution is -2.55. The Hall–Kier alpha value is -1.77. The van der Waals surface area contributed by atoms with Gasteiger partial charge < -0.3 is 20.6 Å². The summed E-state index contributed by atoms with van der Waals surface area (Å²) in [5.41, 5.74) is 0.504. The van der Waals surface area contributed by atoms with E-state index in [-0.39, 0.29) is 35.5 Å². The maximum atomic E-state index is 13.6. The maximum absolute atomic E-state index is 13.6. The van der Waals surface area contributed by atoms with Crippen molar-refractivity contribution in [3.63, 3.8) is 0 Å². The molecule has 0 radical (unpaired) electrons. The van der Waals surface area contributed by atoms with Crippen LogP contribution in [0.5, 0.6) is 0 Å². The van der Waals surface area contributed by atoms with Gasteiger partial charge >= 0.3 is 0 Å². The summed E-state index contributed by atoms with van der Waals surface area (Å²) in [4.78, 5) is 41.7. The van der Waals surface area contributed by atoms with Gasteiger partial charge in [-0.15, -0.1) is 11.8 Å². The Balaban J connectivity index is 1.72. The molecule has 1 spiro atoms. The van der Waals surface area contributed by atoms with Gasteiger partial charge in [-0.05, 0) is 37.3 Å². The summed E-state index contributed by atoms with van der Waals surface area (Å²) in [5.74, 6) is -1.38. The second-order valence-corrected chi connectivity index (χ2v) is 10.6. The fraction of sp³-hybridized carbons (Fsp3) is 0.591. The van der Waals surface area contributed by atoms with Gasteiger partial charge in [0.25, 0.3) is 0 Å². The number of thioether (sulfide) groups is 1. The first-order valence-corrected chi connectivity index (χ1v) is 12.0. The molecule has 3 N–H and O–H groups in total. The Labute approximate surface area is 191 Å². The standard InChI is InChI=1S/C22H28ClN3O4S/c1-12-11-15-16(19(28)24-2)17-21(30)26(9-5-6-10-27)18(22(12,17)31-15)20(29)25-14-8-4-3-7-13(14)23/h3-4,7-8,12,15-18,27H,5-6,9-11H2,1-2H3,(H,24,28)(H,25,29)/t12?,15-,16+,17+,18?,22?/m1/s1. The Kier molecular flexibility index (Phi) is 6.25. The van der Waals surface area contributed by atoms with Crippen LogP contribution >= 0.6 is 23.4 Å². The number of nitrogens with one attached hydrogen (secondary N) is 2. The largest absolute Gasteiger partial charge is 0.396 e. The summed E-state index contributed by atoms with van der Waals surface area (Å²) in [7, 11) is 1.59. The van der Waals surface area contributed by atoms with Crippen molar-refractivity contribution in [2.24, 2.45) is 17.8 Å². The van der Waals surface area contributed by atoms with Gasteiger partial charge in [-0.25, -0.2) is 0 Å². The van der Waals surface area contributed by atoms with Crippen LogP contribution in [-0.2, 0) is 14.4 Å². The lowest BCUT2D eigenvalue weighted by atomic mass is 9.66. The highest BCUT2D eigenvalue weighted by Gasteiger charge is 2.75. The molecule has 3 aliphatic rings. The number of unbranched alkanes of at least 4 members (excludes halogenated alkanes) is 1. The van der Waals surface area contributed by atoms with Crippen LogP contribution in [0, 0.1) is 17.8 Å². The minimum Gasteiger partial charge on any atom is -0.396 e. The lowest BCUT2D eigenvalue weighted by Gasteiger charge is -2.38. The van der Waals surface area contributed by atoms with Gasteiger partial charge in [0.2, 0.25) is 17.7 Å². The highest BCUT2D eigenvalue weighted by Crippen LogP contribution is 2.68. The monoisotopic (exact) mass is 465 g/mol. The van der Waals surface area contributed by atoms with Crippen molar-refractivity contribution in [1.82, 2.24) is 10.2 Å². The molecule has 6 atom stereocenters. The number of carbonyl (C=O) groups excluding carboxylic acids is 3. The molecule has 7 nitrogen and oxygen atoms in total. The summed E-state index contributed by atoms with van der Waals surface area (Å²) >= 11 is 7.90. The Morgan fingerprint density at radius 3 is 2.71 bits per heavy atom. The summed E-state index contributed by atoms with van der Waals surface area (Å²) in [6.07, 6.45) is 1.94. The Bertz CT molecular complexity index is 899. The first kappa shape index (κ1) is 22.4. The van der Waals surface area contributed by atoms with E-state index < -0.39 is 22.6 Å². The first-order chi connectivity index (χ1) is 14.9. The molecule has 3 heterocycles. The van der Waals surface area contributed by atoms with Crippen molar-refractivity contribution in [2.45, 2.75) is 42.2 Å². The SMILES string of the molecule is CNC(=O)[C@@H]1[C@H]2C(=O)N(CCCCO)C(C(=O)Nc3ccccc3Cl)C23S[C@@H]1CC3C. The van der Waals surface area contributed by atoms with Crippen LogP contribution in [0.1, 0.15) is 26.2 Å². The minimum atomic E-state index is -0.695. The fourth-order valence-electron chi connectivity index (χ4n) is 5.68. The maximum Gasteiger partial charge on any atom is 0.248 e. The zero-order valence-electron chi connectivity index (χ0n) is 17.6. The molecular weight excluding hydrogens is 438 g/mol. The molecule has 9 heteroatoms. The molecule has 4 rings (SSSR count). The normalized spacial score (nSPS) is 33.5. The number of hydrogen-bond donors (Lipinski definition) is 3. The number of carbonyl (C=O) groups is 3. The first-order valence-electron chi connectivity index (χ1n) is 10.7. The van der Waals surface area contributed by atoms with Gasteiger partial charge in [-0.3, -0.25) is 14.4 Å². The van der Waals surface area contributed by atoms with E-state index in [1.165, 1.54) is 0 Å². The van der Waals surface area contributed by atoms with Gasteiger partial charge in [0.05, 0.1) is 27.3 Å². The number of halogens is 1. The Morgan fingerprint density at radius 1 is 1.29 bits per heavy atom. The topological polar surface area (TPSA) is 98.7 Å². The van der Waals surface area contributed by atoms with Crippen molar-refractivity contribution < 1.29 is 19.5 Å². The molecule has 3 aliphatic heterocycles. The molecule has 1 aromatic rings. The third-order valence-corrected chi connectivity index (χ3v) is 9.39. The molecule has 31 heavy (non-hydrogen) atoms. The number of likely N-dealkylation sites (tertiary alicyclic amines) is 1. The van der Waals surface area contributed by atoms with E-state index in [2.05, 4.69) is 17.6 Å². The van der Waals surface area contributed by atoms with E-state index in [9.17, 15) is 19.5 Å². The van der Waals surface area contributed by atoms with Crippen LogP contribution in [0.15, 0.2) is 24.3 Å². The lowest BCUT2D eigenvalue weighted by molar-refractivity contribution is -0.139. The second-order valence-electron chi connectivity index (χ2n) is 8.60. The molecule has 168 valence electrons. The van der Waals surface area contributed by atoms with Crippen LogP contribution in [0.3, 0.4) is 0 Å². The van der Waals surface area contributed by atoms with Gasteiger partial charge in [0, 0.05) is 25.4 Å². The summed E-state index contributed by atoms with van der Waals surface area (Å²) < 4.78 is -0.649. The number of rotatable bonds is 7. The third kappa shape index (κ3) is 3.43. The van der Waals surface area contributed by atoms with Crippen molar-refractivity contribution in [1.29, 1.82) is 0 Å². The number of benzene rings is 1. The van der Waals surface area contributed by atoms with Crippen molar-refractivity contribution in [3.05, 3.63) is 29.3 Å². The van der Waals surface area contributed by atoms with E-state index >= 15 is 0 Å². The molecule has 0 saturated carbocycles. The van der Waals surface area contributed by atoms with Gasteiger partial charge in [-0.2, -0.15) is 0 Å². The van der Waals surface area contributed by atoms with E-state index in [4.69, 9.17) is 11.6 Å². The van der Waals surface area contributed by atoms with E-state index in [0.717, 1.165) is 6.42 Å². The molecule has 0 aliphatic carbocycles. The fourth-order valence-corrected chi connectivity index (χ4v) is 8.29. The number of fused-ring (bicyclic) bond motifs is 1. The molecule has 3 unspecified atom stereocenters. The summed E-state index contributed by atoms with van der Waals surface area (Å²) in [6.45, 7) is 2.48. The smallest absolute Gasteiger partial charge is 0.248 e. The molecular formula is C22H28ClN3O4S. The van der Waals surface area contributed by atoms with Gasteiger partial charge in [0.1, 0.15) is 6.04 Å². The third-order valence-electron chi connectivity index (χ3n) is 6.98. The zero-order valence-corrected chi connectivity index (χ0v) is 19.2. The predicted octanol–water partition coefficient (Wildman–Crippen LogP) is 2.13. The number of anilines is 1. The molecule has 0 aromatic heterocycles. The quantitative estimate of drug-likeness (QED) is 0.536. The van der Waals surface area contributed by atoms with E-state index in [1.54, 1.807) is 48.0 Å². The molecule has 2 bridgehead atoms. The molecule has 3 fully saturated rings. The van der Waals surface area contributed by atoms with Crippen LogP contribution in [-0.4, -0.2) is 64.0 Å². The van der Waals surface area contributed by atoms with E-state index in [1.807, 2.05) is 0 Å². The van der Waals surface area contributed by atoms with Crippen molar-refractivity contribution in [3.8, 4) is 0 Å². The minimum absolute atomic E-state index is 0.0269. The zero-order chi connectivity index (χ0) is 22.3. The molecule has 3 saturated heterocycles. The Morgan fingerprint density at radius 2 is 2.03 bits per heavy atom. The number of aliphatic hydroxyl groups excluding tert-OH is 1. The van der Waals surface area contributed by atoms with Crippen LogP contribution in [0.2, 0.25) is 5.02 Å². The van der Waals surface area contributed by atoms with Crippen LogP contribution in [0.4, 0.5) is 5.69 Å². The van der Waals surface area contributed by atoms with Crippen LogP contribution in [0.25, 0.3) is 0 Å². The number of nitrogens with zero attached hydrogens (tertiary/aromatic N) is 1. The van der Waals surface area contributed by atoms with Crippen LogP contribution < -0.4 is 10.6 Å². The molecule has 1 aromatic carbocycles. The van der Waals surface area contributed by atoms with Crippen molar-refractivity contribution in [2.75, 3.05) is 25.5 Å². The highest BCUT2D eigenvalue weighted by atomic mass is 35.5. The number of amides is 3. The van der Waals surface area contributed by atoms with E-state index in [0.29, 0.717) is 30.1 Å². The number of aliphatic hydroxyl groups is 1. The van der Waals surface area contributed by atoms with Crippen molar-refractivity contribution >= 4 is 46.8 Å². The number of hydrogen-bond acceptors (Lipinski definition) is 5. The second kappa shape index (κ2) is 8.64. The predicted molar refractivity (Wildman–Crippen MR) is 121 cm³/mol. The summed E-state index contributed by atoms with van der Waals surface area (Å²) in [6, 6.07) is 6.33. The highest BCUT2D eigenvalue weighted by molar-refractivity contribution is 8.02. The van der Waals surface area contributed by atoms with Gasteiger partial charge in [-0.1, -0.05) is 30.7 Å². The van der Waals surface area contributed by atoms with Gasteiger partial charge in [0.15, 0.2) is 0 Å². The number of para-hydroxylation sites is 1. The average molecular weight is 466 g/mol. The molecule has 3 amide bonds. The summed E-state index contributed by atoms with van der Waals surface area (Å²) in [5, 5.41) is 15.3. The average Bonchev–Trinajstić information content (AvgIpc) is 3.33.